The molecule has 0 aromatic heterocycles. The molecule has 104 valence electrons. The molecule has 0 bridgehead atoms. The molecule has 1 aromatic carbocycles. The van der Waals surface area contributed by atoms with Gasteiger partial charge in [-0.05, 0) is 30.7 Å². The molecular formula is C14H21N3O2. The highest BCUT2D eigenvalue weighted by Crippen LogP contribution is 2.17. The first-order valence-electron chi connectivity index (χ1n) is 6.20. The quantitative estimate of drug-likeness (QED) is 0.858. The van der Waals surface area contributed by atoms with E-state index in [1.807, 2.05) is 6.92 Å². The molecular weight excluding hydrogens is 242 g/mol. The third kappa shape index (κ3) is 3.79. The Labute approximate surface area is 113 Å². The highest BCUT2D eigenvalue weighted by molar-refractivity contribution is 5.97. The van der Waals surface area contributed by atoms with Gasteiger partial charge in [0.2, 0.25) is 5.91 Å². The number of amides is 2. The van der Waals surface area contributed by atoms with Crippen molar-refractivity contribution in [1.82, 2.24) is 4.90 Å². The molecule has 5 heteroatoms. The smallest absolute Gasteiger partial charge is 0.253 e. The summed E-state index contributed by atoms with van der Waals surface area (Å²) in [5.74, 6) is -0.400. The van der Waals surface area contributed by atoms with Crippen molar-refractivity contribution < 1.29 is 9.59 Å². The zero-order valence-corrected chi connectivity index (χ0v) is 11.9. The second-order valence-corrected chi connectivity index (χ2v) is 4.86. The molecule has 19 heavy (non-hydrogen) atoms. The minimum atomic E-state index is -0.233. The molecule has 1 rings (SSSR count). The van der Waals surface area contributed by atoms with Crippen LogP contribution in [0.15, 0.2) is 18.2 Å². The van der Waals surface area contributed by atoms with Crippen LogP contribution < -0.4 is 11.1 Å². The van der Waals surface area contributed by atoms with Crippen LogP contribution in [0.25, 0.3) is 0 Å². The Bertz CT molecular complexity index is 484. The molecule has 0 spiro atoms. The Morgan fingerprint density at radius 3 is 2.47 bits per heavy atom. The Hall–Kier alpha value is -1.88. The van der Waals surface area contributed by atoms with Gasteiger partial charge >= 0.3 is 0 Å². The van der Waals surface area contributed by atoms with Crippen molar-refractivity contribution in [3.8, 4) is 0 Å². The molecule has 2 amide bonds. The summed E-state index contributed by atoms with van der Waals surface area (Å²) in [6.07, 6.45) is 0. The molecule has 0 radical (unpaired) electrons. The van der Waals surface area contributed by atoms with Crippen LogP contribution >= 0.6 is 0 Å². The lowest BCUT2D eigenvalue weighted by molar-refractivity contribution is -0.119. The molecule has 0 aliphatic carbocycles. The van der Waals surface area contributed by atoms with Gasteiger partial charge in [0.05, 0.1) is 0 Å². The van der Waals surface area contributed by atoms with Gasteiger partial charge in [-0.1, -0.05) is 6.92 Å². The number of anilines is 1. The molecule has 1 unspecified atom stereocenters. The normalized spacial score (nSPS) is 11.8. The molecule has 0 aliphatic rings. The van der Waals surface area contributed by atoms with Gasteiger partial charge in [-0.15, -0.1) is 0 Å². The number of hydrogen-bond donors (Lipinski definition) is 2. The average molecular weight is 263 g/mol. The van der Waals surface area contributed by atoms with Crippen LogP contribution in [-0.2, 0) is 4.79 Å². The maximum atomic E-state index is 11.9. The summed E-state index contributed by atoms with van der Waals surface area (Å²) in [5, 5.41) is 2.78. The number of nitrogens with two attached hydrogens (primary N) is 1. The highest BCUT2D eigenvalue weighted by atomic mass is 16.2. The van der Waals surface area contributed by atoms with Crippen molar-refractivity contribution >= 4 is 17.5 Å². The zero-order valence-electron chi connectivity index (χ0n) is 11.9. The lowest BCUT2D eigenvalue weighted by Gasteiger charge is -2.14. The molecule has 1 atom stereocenters. The first kappa shape index (κ1) is 15.2. The van der Waals surface area contributed by atoms with Gasteiger partial charge in [0.15, 0.2) is 0 Å². The Kier molecular flexibility index (Phi) is 5.06. The summed E-state index contributed by atoms with van der Waals surface area (Å²) < 4.78 is 0. The van der Waals surface area contributed by atoms with Crippen molar-refractivity contribution in [2.24, 2.45) is 11.7 Å². The topological polar surface area (TPSA) is 75.4 Å². The van der Waals surface area contributed by atoms with Gasteiger partial charge in [-0.2, -0.15) is 0 Å². The second-order valence-electron chi connectivity index (χ2n) is 4.86. The lowest BCUT2D eigenvalue weighted by atomic mass is 10.1. The largest absolute Gasteiger partial charge is 0.345 e. The van der Waals surface area contributed by atoms with E-state index in [-0.39, 0.29) is 17.7 Å². The number of benzene rings is 1. The van der Waals surface area contributed by atoms with E-state index in [2.05, 4.69) is 5.32 Å². The Morgan fingerprint density at radius 1 is 1.37 bits per heavy atom. The van der Waals surface area contributed by atoms with E-state index in [4.69, 9.17) is 5.73 Å². The number of carbonyl (C=O) groups is 2. The van der Waals surface area contributed by atoms with Gasteiger partial charge < -0.3 is 16.0 Å². The predicted octanol–water partition coefficient (Wildman–Crippen LogP) is 1.23. The van der Waals surface area contributed by atoms with Crippen molar-refractivity contribution in [2.45, 2.75) is 13.8 Å². The van der Waals surface area contributed by atoms with Crippen LogP contribution in [0, 0.1) is 12.8 Å². The van der Waals surface area contributed by atoms with Gasteiger partial charge in [0, 0.05) is 37.8 Å². The van der Waals surface area contributed by atoms with Crippen molar-refractivity contribution in [1.29, 1.82) is 0 Å². The number of nitrogens with one attached hydrogen (secondary N) is 1. The van der Waals surface area contributed by atoms with E-state index in [1.165, 1.54) is 4.90 Å². The SMILES string of the molecule is Cc1cc(NC(=O)C(C)CN)ccc1C(=O)N(C)C. The van der Waals surface area contributed by atoms with E-state index in [9.17, 15) is 9.59 Å². The predicted molar refractivity (Wildman–Crippen MR) is 76.0 cm³/mol. The Balaban J connectivity index is 2.89. The fraction of sp³-hybridized carbons (Fsp3) is 0.429. The first-order valence-corrected chi connectivity index (χ1v) is 6.20. The summed E-state index contributed by atoms with van der Waals surface area (Å²) in [6, 6.07) is 5.24. The summed E-state index contributed by atoms with van der Waals surface area (Å²) in [5.41, 5.74) is 7.59. The van der Waals surface area contributed by atoms with E-state index in [0.717, 1.165) is 5.56 Å². The van der Waals surface area contributed by atoms with E-state index in [1.54, 1.807) is 39.2 Å². The molecule has 3 N–H and O–H groups in total. The minimum absolute atomic E-state index is 0.0503. The van der Waals surface area contributed by atoms with Gasteiger partial charge in [0.25, 0.3) is 5.91 Å². The van der Waals surface area contributed by atoms with Crippen LogP contribution in [-0.4, -0.2) is 37.4 Å². The number of aryl methyl sites for hydroxylation is 1. The van der Waals surface area contributed by atoms with Crippen molar-refractivity contribution in [2.75, 3.05) is 26.0 Å². The van der Waals surface area contributed by atoms with Crippen LogP contribution in [0.5, 0.6) is 0 Å². The average Bonchev–Trinajstić information content (AvgIpc) is 2.37. The first-order chi connectivity index (χ1) is 8.86. The van der Waals surface area contributed by atoms with Crippen molar-refractivity contribution in [3.63, 3.8) is 0 Å². The standard InChI is InChI=1S/C14H21N3O2/c1-9-7-11(16-13(18)10(2)8-15)5-6-12(9)14(19)17(3)4/h5-7,10H,8,15H2,1-4H3,(H,16,18). The van der Waals surface area contributed by atoms with Crippen LogP contribution in [0.4, 0.5) is 5.69 Å². The number of carbonyl (C=O) groups excluding carboxylic acids is 2. The molecule has 0 saturated carbocycles. The minimum Gasteiger partial charge on any atom is -0.345 e. The maximum Gasteiger partial charge on any atom is 0.253 e. The van der Waals surface area contributed by atoms with E-state index in [0.29, 0.717) is 17.8 Å². The molecule has 1 aromatic rings. The van der Waals surface area contributed by atoms with Gasteiger partial charge in [-0.3, -0.25) is 9.59 Å². The van der Waals surface area contributed by atoms with Gasteiger partial charge in [-0.25, -0.2) is 0 Å². The molecule has 0 aliphatic heterocycles. The zero-order chi connectivity index (χ0) is 14.6. The molecule has 5 nitrogen and oxygen atoms in total. The lowest BCUT2D eigenvalue weighted by Crippen LogP contribution is -2.27. The monoisotopic (exact) mass is 263 g/mol. The van der Waals surface area contributed by atoms with Crippen LogP contribution in [0.3, 0.4) is 0 Å². The number of hydrogen-bond acceptors (Lipinski definition) is 3. The molecule has 0 fully saturated rings. The molecule has 0 heterocycles. The van der Waals surface area contributed by atoms with Crippen LogP contribution in [0.1, 0.15) is 22.8 Å². The summed E-state index contributed by atoms with van der Waals surface area (Å²) in [7, 11) is 3.42. The fourth-order valence-electron chi connectivity index (χ4n) is 1.59. The van der Waals surface area contributed by atoms with Crippen molar-refractivity contribution in [3.05, 3.63) is 29.3 Å². The third-order valence-corrected chi connectivity index (χ3v) is 2.93. The Morgan fingerprint density at radius 2 is 2.00 bits per heavy atom. The van der Waals surface area contributed by atoms with Crippen LogP contribution in [0.2, 0.25) is 0 Å². The maximum absolute atomic E-state index is 11.9. The highest BCUT2D eigenvalue weighted by Gasteiger charge is 2.14. The summed E-state index contributed by atoms with van der Waals surface area (Å²) >= 11 is 0. The van der Waals surface area contributed by atoms with E-state index >= 15 is 0 Å². The second kappa shape index (κ2) is 6.33. The van der Waals surface area contributed by atoms with Gasteiger partial charge in [0.1, 0.15) is 0 Å². The molecule has 0 saturated heterocycles. The number of nitrogens with zero attached hydrogens (tertiary/aromatic N) is 1. The summed E-state index contributed by atoms with van der Waals surface area (Å²) in [4.78, 5) is 25.1. The third-order valence-electron chi connectivity index (χ3n) is 2.93. The summed E-state index contributed by atoms with van der Waals surface area (Å²) in [6.45, 7) is 3.92. The number of rotatable bonds is 4. The fourth-order valence-corrected chi connectivity index (χ4v) is 1.59. The van der Waals surface area contributed by atoms with E-state index < -0.39 is 0 Å².